The Kier molecular flexibility index (Phi) is 7.28. The summed E-state index contributed by atoms with van der Waals surface area (Å²) < 4.78 is 20.6. The Labute approximate surface area is 167 Å². The molecule has 0 radical (unpaired) electrons. The van der Waals surface area contributed by atoms with Crippen LogP contribution in [0.15, 0.2) is 36.4 Å². The van der Waals surface area contributed by atoms with Gasteiger partial charge in [-0.05, 0) is 36.4 Å². The van der Waals surface area contributed by atoms with Crippen molar-refractivity contribution in [2.24, 2.45) is 0 Å². The van der Waals surface area contributed by atoms with Crippen molar-refractivity contribution >= 4 is 35.2 Å². The molecule has 0 fully saturated rings. The van der Waals surface area contributed by atoms with Gasteiger partial charge in [-0.1, -0.05) is 11.6 Å². The van der Waals surface area contributed by atoms with Crippen LogP contribution < -0.4 is 19.5 Å². The van der Waals surface area contributed by atoms with Crippen LogP contribution in [0.5, 0.6) is 17.2 Å². The normalized spacial score (nSPS) is 10.5. The molecule has 0 aliphatic carbocycles. The Morgan fingerprint density at radius 1 is 0.964 bits per heavy atom. The second kappa shape index (κ2) is 9.66. The molecule has 7 nitrogen and oxygen atoms in total. The minimum Gasteiger partial charge on any atom is -0.493 e. The number of hydrogen-bond donors (Lipinski definition) is 1. The number of benzene rings is 2. The van der Waals surface area contributed by atoms with Crippen LogP contribution >= 0.6 is 11.6 Å². The smallest absolute Gasteiger partial charge is 0.337 e. The molecule has 0 atom stereocenters. The molecular formula is C20H20ClNO6. The minimum absolute atomic E-state index is 0.271. The summed E-state index contributed by atoms with van der Waals surface area (Å²) in [5, 5.41) is 2.92. The molecule has 8 heteroatoms. The van der Waals surface area contributed by atoms with E-state index < -0.39 is 11.9 Å². The van der Waals surface area contributed by atoms with Gasteiger partial charge in [-0.15, -0.1) is 0 Å². The van der Waals surface area contributed by atoms with E-state index in [0.717, 1.165) is 0 Å². The van der Waals surface area contributed by atoms with Crippen LogP contribution in [0.25, 0.3) is 6.08 Å². The van der Waals surface area contributed by atoms with E-state index in [4.69, 9.17) is 25.8 Å². The number of carbonyl (C=O) groups is 2. The predicted octanol–water partition coefficient (Wildman–Crippen LogP) is 3.80. The van der Waals surface area contributed by atoms with Crippen LogP contribution in [0, 0.1) is 0 Å². The fraction of sp³-hybridized carbons (Fsp3) is 0.200. The van der Waals surface area contributed by atoms with Gasteiger partial charge in [0.1, 0.15) is 0 Å². The highest BCUT2D eigenvalue weighted by Crippen LogP contribution is 2.40. The van der Waals surface area contributed by atoms with Crippen LogP contribution in [-0.4, -0.2) is 40.3 Å². The predicted molar refractivity (Wildman–Crippen MR) is 107 cm³/mol. The molecule has 2 aromatic rings. The van der Waals surface area contributed by atoms with Gasteiger partial charge in [0.05, 0.1) is 44.7 Å². The number of carbonyl (C=O) groups excluding carboxylic acids is 2. The Bertz CT molecular complexity index is 910. The molecule has 0 unspecified atom stereocenters. The molecule has 0 aliphatic heterocycles. The molecular weight excluding hydrogens is 386 g/mol. The molecule has 0 heterocycles. The van der Waals surface area contributed by atoms with E-state index in [1.165, 1.54) is 52.7 Å². The van der Waals surface area contributed by atoms with E-state index in [0.29, 0.717) is 28.5 Å². The lowest BCUT2D eigenvalue weighted by Crippen LogP contribution is -2.10. The van der Waals surface area contributed by atoms with Gasteiger partial charge in [0.25, 0.3) is 0 Å². The van der Waals surface area contributed by atoms with E-state index in [1.807, 2.05) is 0 Å². The van der Waals surface area contributed by atoms with Gasteiger partial charge < -0.3 is 24.3 Å². The number of nitrogens with one attached hydrogen (secondary N) is 1. The van der Waals surface area contributed by atoms with Crippen LogP contribution in [0.2, 0.25) is 5.02 Å². The number of methoxy groups -OCH3 is 4. The summed E-state index contributed by atoms with van der Waals surface area (Å²) in [5.41, 5.74) is 1.18. The molecule has 0 bridgehead atoms. The van der Waals surface area contributed by atoms with Crippen molar-refractivity contribution in [1.29, 1.82) is 0 Å². The third kappa shape index (κ3) is 4.75. The lowest BCUT2D eigenvalue weighted by molar-refractivity contribution is -0.111. The Balaban J connectivity index is 2.24. The molecule has 2 rings (SSSR count). The molecule has 28 heavy (non-hydrogen) atoms. The second-order valence-corrected chi connectivity index (χ2v) is 5.84. The van der Waals surface area contributed by atoms with E-state index in [9.17, 15) is 9.59 Å². The zero-order chi connectivity index (χ0) is 20.7. The Morgan fingerprint density at radius 3 is 2.29 bits per heavy atom. The number of esters is 1. The lowest BCUT2D eigenvalue weighted by Gasteiger charge is -2.14. The average Bonchev–Trinajstić information content (AvgIpc) is 2.72. The molecule has 148 valence electrons. The van der Waals surface area contributed by atoms with Crippen molar-refractivity contribution in [3.8, 4) is 17.2 Å². The zero-order valence-corrected chi connectivity index (χ0v) is 16.6. The second-order valence-electron chi connectivity index (χ2n) is 5.43. The van der Waals surface area contributed by atoms with Crippen molar-refractivity contribution in [2.45, 2.75) is 0 Å². The van der Waals surface area contributed by atoms with Gasteiger partial charge in [0.2, 0.25) is 11.7 Å². The number of hydrogen-bond acceptors (Lipinski definition) is 6. The van der Waals surface area contributed by atoms with E-state index >= 15 is 0 Å². The first-order chi connectivity index (χ1) is 13.4. The quantitative estimate of drug-likeness (QED) is 0.557. The molecule has 0 spiro atoms. The maximum atomic E-state index is 12.3. The van der Waals surface area contributed by atoms with E-state index in [2.05, 4.69) is 10.1 Å². The SMILES string of the molecule is COC(=O)c1ccc(Cl)c(NC(=O)/C=C/c2ccc(OC)c(OC)c2OC)c1. The average molecular weight is 406 g/mol. The first-order valence-corrected chi connectivity index (χ1v) is 8.48. The molecule has 0 aliphatic rings. The molecule has 0 saturated heterocycles. The molecule has 2 aromatic carbocycles. The van der Waals surface area contributed by atoms with E-state index in [-0.39, 0.29) is 10.6 Å². The lowest BCUT2D eigenvalue weighted by atomic mass is 10.1. The van der Waals surface area contributed by atoms with Crippen molar-refractivity contribution < 1.29 is 28.5 Å². The number of rotatable bonds is 7. The molecule has 1 N–H and O–H groups in total. The topological polar surface area (TPSA) is 83.1 Å². The highest BCUT2D eigenvalue weighted by atomic mass is 35.5. The minimum atomic E-state index is -0.530. The third-order valence-corrected chi connectivity index (χ3v) is 4.12. The maximum Gasteiger partial charge on any atom is 0.337 e. The van der Waals surface area contributed by atoms with Crippen LogP contribution in [0.4, 0.5) is 5.69 Å². The Morgan fingerprint density at radius 2 is 1.68 bits per heavy atom. The van der Waals surface area contributed by atoms with Gasteiger partial charge in [-0.2, -0.15) is 0 Å². The van der Waals surface area contributed by atoms with Crippen LogP contribution in [0.3, 0.4) is 0 Å². The number of ether oxygens (including phenoxy) is 4. The van der Waals surface area contributed by atoms with Crippen molar-refractivity contribution in [1.82, 2.24) is 0 Å². The zero-order valence-electron chi connectivity index (χ0n) is 15.9. The van der Waals surface area contributed by atoms with Crippen molar-refractivity contribution in [2.75, 3.05) is 33.8 Å². The Hall–Kier alpha value is -3.19. The molecule has 0 aromatic heterocycles. The monoisotopic (exact) mass is 405 g/mol. The number of amides is 1. The summed E-state index contributed by atoms with van der Waals surface area (Å²) in [6, 6.07) is 7.89. The fourth-order valence-corrected chi connectivity index (χ4v) is 2.63. The van der Waals surface area contributed by atoms with Gasteiger partial charge in [-0.25, -0.2) is 4.79 Å². The maximum absolute atomic E-state index is 12.3. The van der Waals surface area contributed by atoms with Crippen molar-refractivity contribution in [3.63, 3.8) is 0 Å². The standard InChI is InChI=1S/C20H20ClNO6/c1-25-16-9-6-12(18(26-2)19(16)27-3)7-10-17(23)22-15-11-13(20(24)28-4)5-8-14(15)21/h5-11H,1-4H3,(H,22,23)/b10-7+. The van der Waals surface area contributed by atoms with Gasteiger partial charge >= 0.3 is 5.97 Å². The summed E-state index contributed by atoms with van der Waals surface area (Å²) in [6.45, 7) is 0. The van der Waals surface area contributed by atoms with Gasteiger partial charge in [0, 0.05) is 11.6 Å². The number of halogens is 1. The van der Waals surface area contributed by atoms with E-state index in [1.54, 1.807) is 18.2 Å². The molecule has 0 saturated carbocycles. The highest BCUT2D eigenvalue weighted by molar-refractivity contribution is 6.34. The summed E-state index contributed by atoms with van der Waals surface area (Å²) >= 11 is 6.08. The van der Waals surface area contributed by atoms with Crippen molar-refractivity contribution in [3.05, 3.63) is 52.6 Å². The van der Waals surface area contributed by atoms with Crippen LogP contribution in [-0.2, 0) is 9.53 Å². The first kappa shape index (κ1) is 21.1. The van der Waals surface area contributed by atoms with Gasteiger partial charge in [-0.3, -0.25) is 4.79 Å². The summed E-state index contributed by atoms with van der Waals surface area (Å²) in [4.78, 5) is 23.9. The number of anilines is 1. The third-order valence-electron chi connectivity index (χ3n) is 3.79. The summed E-state index contributed by atoms with van der Waals surface area (Å²) in [5.74, 6) is 0.379. The fourth-order valence-electron chi connectivity index (χ4n) is 2.46. The summed E-state index contributed by atoms with van der Waals surface area (Å²) in [6.07, 6.45) is 2.87. The van der Waals surface area contributed by atoms with Gasteiger partial charge in [0.15, 0.2) is 11.5 Å². The van der Waals surface area contributed by atoms with Crippen LogP contribution in [0.1, 0.15) is 15.9 Å². The highest BCUT2D eigenvalue weighted by Gasteiger charge is 2.15. The first-order valence-electron chi connectivity index (χ1n) is 8.11. The largest absolute Gasteiger partial charge is 0.493 e. The summed E-state index contributed by atoms with van der Waals surface area (Å²) in [7, 11) is 5.78. The molecule has 1 amide bonds.